The molecule has 0 aromatic heterocycles. The lowest BCUT2D eigenvalue weighted by atomic mass is 10.1. The number of halogens is 3. The molecule has 1 aliphatic carbocycles. The van der Waals surface area contributed by atoms with Gasteiger partial charge in [0, 0.05) is 6.04 Å². The Morgan fingerprint density at radius 3 is 2.65 bits per heavy atom. The van der Waals surface area contributed by atoms with Gasteiger partial charge in [0.2, 0.25) is 5.91 Å². The topological polar surface area (TPSA) is 75.6 Å². The largest absolute Gasteiger partial charge is 0.573 e. The van der Waals surface area contributed by atoms with Gasteiger partial charge in [0.25, 0.3) is 0 Å². The first-order chi connectivity index (χ1) is 10.7. The maximum Gasteiger partial charge on any atom is 0.573 e. The second-order valence-electron chi connectivity index (χ2n) is 5.48. The minimum atomic E-state index is -4.78. The van der Waals surface area contributed by atoms with Crippen LogP contribution in [0, 0.1) is 5.92 Å². The molecule has 23 heavy (non-hydrogen) atoms. The number of rotatable bonds is 5. The van der Waals surface area contributed by atoms with Crippen LogP contribution in [0.25, 0.3) is 0 Å². The number of carboxylic acids is 1. The zero-order valence-electron chi connectivity index (χ0n) is 12.1. The SMILES string of the molecule is O=C(Cc1cccc(OC(F)(F)F)c1)N[C@@H]1CC[C@H](C(=O)O)C1. The third-order valence-corrected chi connectivity index (χ3v) is 3.64. The number of aliphatic carboxylic acids is 1. The summed E-state index contributed by atoms with van der Waals surface area (Å²) in [4.78, 5) is 22.8. The Kier molecular flexibility index (Phi) is 5.12. The molecule has 0 aliphatic heterocycles. The standard InChI is InChI=1S/C15H16F3NO4/c16-15(17,18)23-12-3-1-2-9(6-12)7-13(20)19-11-5-4-10(8-11)14(21)22/h1-3,6,10-11H,4-5,7-8H2,(H,19,20)(H,21,22)/t10-,11+/m0/s1. The average Bonchev–Trinajstić information content (AvgIpc) is 2.85. The molecule has 0 saturated heterocycles. The number of ether oxygens (including phenoxy) is 1. The van der Waals surface area contributed by atoms with Gasteiger partial charge in [-0.3, -0.25) is 9.59 Å². The van der Waals surface area contributed by atoms with Crippen molar-refractivity contribution in [3.8, 4) is 5.75 Å². The third kappa shape index (κ3) is 5.46. The fraction of sp³-hybridized carbons (Fsp3) is 0.467. The van der Waals surface area contributed by atoms with E-state index in [-0.39, 0.29) is 24.1 Å². The molecule has 1 saturated carbocycles. The van der Waals surface area contributed by atoms with E-state index in [9.17, 15) is 22.8 Å². The van der Waals surface area contributed by atoms with Crippen LogP contribution in [0.5, 0.6) is 5.75 Å². The van der Waals surface area contributed by atoms with E-state index in [0.29, 0.717) is 24.8 Å². The molecule has 0 heterocycles. The van der Waals surface area contributed by atoms with Gasteiger partial charge in [-0.15, -0.1) is 13.2 Å². The quantitative estimate of drug-likeness (QED) is 0.869. The summed E-state index contributed by atoms with van der Waals surface area (Å²) >= 11 is 0. The molecule has 2 rings (SSSR count). The minimum Gasteiger partial charge on any atom is -0.481 e. The number of alkyl halides is 3. The smallest absolute Gasteiger partial charge is 0.481 e. The highest BCUT2D eigenvalue weighted by molar-refractivity contribution is 5.79. The number of benzene rings is 1. The predicted molar refractivity (Wildman–Crippen MR) is 73.7 cm³/mol. The fourth-order valence-corrected chi connectivity index (χ4v) is 2.65. The Morgan fingerprint density at radius 2 is 2.04 bits per heavy atom. The van der Waals surface area contributed by atoms with Crippen molar-refractivity contribution in [3.63, 3.8) is 0 Å². The van der Waals surface area contributed by atoms with Crippen LogP contribution in [0.3, 0.4) is 0 Å². The van der Waals surface area contributed by atoms with Crippen LogP contribution in [-0.4, -0.2) is 29.4 Å². The Bertz CT molecular complexity index is 588. The minimum absolute atomic E-state index is 0.0940. The Labute approximate surface area is 130 Å². The van der Waals surface area contributed by atoms with E-state index >= 15 is 0 Å². The molecular formula is C15H16F3NO4. The van der Waals surface area contributed by atoms with E-state index < -0.39 is 18.2 Å². The van der Waals surface area contributed by atoms with Crippen LogP contribution in [0.15, 0.2) is 24.3 Å². The van der Waals surface area contributed by atoms with Gasteiger partial charge < -0.3 is 15.2 Å². The molecule has 0 unspecified atom stereocenters. The fourth-order valence-electron chi connectivity index (χ4n) is 2.65. The lowest BCUT2D eigenvalue weighted by Crippen LogP contribution is -2.34. The molecule has 1 aromatic carbocycles. The van der Waals surface area contributed by atoms with Crippen molar-refractivity contribution in [1.29, 1.82) is 0 Å². The number of carboxylic acid groups (broad SMARTS) is 1. The van der Waals surface area contributed by atoms with E-state index in [1.54, 1.807) is 0 Å². The first kappa shape index (κ1) is 17.1. The summed E-state index contributed by atoms with van der Waals surface area (Å²) in [5.41, 5.74) is 0.386. The number of hydrogen-bond acceptors (Lipinski definition) is 3. The van der Waals surface area contributed by atoms with Gasteiger partial charge in [0.1, 0.15) is 5.75 Å². The van der Waals surface area contributed by atoms with Crippen molar-refractivity contribution in [2.75, 3.05) is 0 Å². The summed E-state index contributed by atoms with van der Waals surface area (Å²) in [6.45, 7) is 0. The molecule has 0 bridgehead atoms. The van der Waals surface area contributed by atoms with Gasteiger partial charge in [-0.05, 0) is 37.0 Å². The maximum atomic E-state index is 12.2. The summed E-state index contributed by atoms with van der Waals surface area (Å²) in [6.07, 6.45) is -3.41. The van der Waals surface area contributed by atoms with E-state index in [2.05, 4.69) is 10.1 Å². The van der Waals surface area contributed by atoms with Crippen molar-refractivity contribution < 1.29 is 32.6 Å². The summed E-state index contributed by atoms with van der Waals surface area (Å²) in [5.74, 6) is -2.07. The number of hydrogen-bond donors (Lipinski definition) is 2. The van der Waals surface area contributed by atoms with Crippen LogP contribution >= 0.6 is 0 Å². The number of nitrogens with one attached hydrogen (secondary N) is 1. The monoisotopic (exact) mass is 331 g/mol. The highest BCUT2D eigenvalue weighted by Gasteiger charge is 2.32. The number of amides is 1. The van der Waals surface area contributed by atoms with Crippen molar-refractivity contribution in [1.82, 2.24) is 5.32 Å². The third-order valence-electron chi connectivity index (χ3n) is 3.64. The molecule has 1 amide bonds. The summed E-state index contributed by atoms with van der Waals surface area (Å²) in [6, 6.07) is 5.00. The van der Waals surface area contributed by atoms with Gasteiger partial charge in [0.15, 0.2) is 0 Å². The normalized spacial score (nSPS) is 21.0. The molecule has 1 aliphatic rings. The molecule has 1 fully saturated rings. The van der Waals surface area contributed by atoms with Crippen molar-refractivity contribution in [2.45, 2.75) is 38.1 Å². The molecule has 5 nitrogen and oxygen atoms in total. The Morgan fingerprint density at radius 1 is 1.30 bits per heavy atom. The second-order valence-corrected chi connectivity index (χ2v) is 5.48. The molecule has 126 valence electrons. The van der Waals surface area contributed by atoms with Crippen LogP contribution in [0.2, 0.25) is 0 Å². The average molecular weight is 331 g/mol. The second kappa shape index (κ2) is 6.89. The Balaban J connectivity index is 1.88. The summed E-state index contributed by atoms with van der Waals surface area (Å²) in [5, 5.41) is 11.6. The van der Waals surface area contributed by atoms with Crippen LogP contribution in [-0.2, 0) is 16.0 Å². The molecule has 0 radical (unpaired) electrons. The predicted octanol–water partition coefficient (Wildman–Crippen LogP) is 2.50. The van der Waals surface area contributed by atoms with E-state index in [0.717, 1.165) is 12.1 Å². The Hall–Kier alpha value is -2.25. The number of carbonyl (C=O) groups is 2. The lowest BCUT2D eigenvalue weighted by Gasteiger charge is -2.13. The molecule has 2 atom stereocenters. The maximum absolute atomic E-state index is 12.2. The molecule has 1 aromatic rings. The van der Waals surface area contributed by atoms with Crippen LogP contribution < -0.4 is 10.1 Å². The summed E-state index contributed by atoms with van der Waals surface area (Å²) in [7, 11) is 0. The van der Waals surface area contributed by atoms with Crippen molar-refractivity contribution in [3.05, 3.63) is 29.8 Å². The zero-order valence-corrected chi connectivity index (χ0v) is 12.1. The molecule has 2 N–H and O–H groups in total. The van der Waals surface area contributed by atoms with Gasteiger partial charge >= 0.3 is 12.3 Å². The van der Waals surface area contributed by atoms with Crippen molar-refractivity contribution in [2.24, 2.45) is 5.92 Å². The molecule has 0 spiro atoms. The van der Waals surface area contributed by atoms with Gasteiger partial charge in [0.05, 0.1) is 12.3 Å². The zero-order chi connectivity index (χ0) is 17.0. The van der Waals surface area contributed by atoms with E-state index in [1.165, 1.54) is 12.1 Å². The first-order valence-electron chi connectivity index (χ1n) is 7.10. The lowest BCUT2D eigenvalue weighted by molar-refractivity contribution is -0.274. The van der Waals surface area contributed by atoms with E-state index in [4.69, 9.17) is 5.11 Å². The molecule has 8 heteroatoms. The summed E-state index contributed by atoms with van der Waals surface area (Å²) < 4.78 is 40.3. The first-order valence-corrected chi connectivity index (χ1v) is 7.10. The van der Waals surface area contributed by atoms with Gasteiger partial charge in [-0.2, -0.15) is 0 Å². The van der Waals surface area contributed by atoms with Crippen LogP contribution in [0.4, 0.5) is 13.2 Å². The van der Waals surface area contributed by atoms with Crippen molar-refractivity contribution >= 4 is 11.9 Å². The van der Waals surface area contributed by atoms with Gasteiger partial charge in [-0.1, -0.05) is 12.1 Å². The molecular weight excluding hydrogens is 315 g/mol. The highest BCUT2D eigenvalue weighted by Crippen LogP contribution is 2.26. The highest BCUT2D eigenvalue weighted by atomic mass is 19.4. The van der Waals surface area contributed by atoms with E-state index in [1.807, 2.05) is 0 Å². The van der Waals surface area contributed by atoms with Gasteiger partial charge in [-0.25, -0.2) is 0 Å². The van der Waals surface area contributed by atoms with Crippen LogP contribution in [0.1, 0.15) is 24.8 Å². The number of carbonyl (C=O) groups excluding carboxylic acids is 1.